The Balaban J connectivity index is 1.85. The molecule has 28 heavy (non-hydrogen) atoms. The molecule has 0 saturated heterocycles. The summed E-state index contributed by atoms with van der Waals surface area (Å²) in [6.07, 6.45) is 3.12. The van der Waals surface area contributed by atoms with Gasteiger partial charge in [0.25, 0.3) is 5.91 Å². The summed E-state index contributed by atoms with van der Waals surface area (Å²) in [6.45, 7) is 1.36. The maximum absolute atomic E-state index is 14.2. The van der Waals surface area contributed by atoms with E-state index in [1.165, 1.54) is 12.3 Å². The van der Waals surface area contributed by atoms with Gasteiger partial charge in [0, 0.05) is 12.7 Å². The topological polar surface area (TPSA) is 124 Å². The number of carbonyl (C=O) groups excluding carboxylic acids is 3. The Hall–Kier alpha value is -3.40. The van der Waals surface area contributed by atoms with Crippen LogP contribution < -0.4 is 5.32 Å². The van der Waals surface area contributed by atoms with E-state index >= 15 is 0 Å². The molecule has 3 heterocycles. The molecule has 0 radical (unpaired) electrons. The molecule has 3 rings (SSSR count). The number of hydrogen-bond acceptors (Lipinski definition) is 6. The van der Waals surface area contributed by atoms with E-state index in [0.29, 0.717) is 12.2 Å². The molecule has 0 fully saturated rings. The highest BCUT2D eigenvalue weighted by molar-refractivity contribution is 6.36. The Labute approximate surface area is 159 Å². The molecule has 10 heteroatoms. The van der Waals surface area contributed by atoms with Crippen LogP contribution in [0, 0.1) is 5.82 Å². The van der Waals surface area contributed by atoms with Crippen LogP contribution in [-0.2, 0) is 4.79 Å². The van der Waals surface area contributed by atoms with Gasteiger partial charge < -0.3 is 15.2 Å². The lowest BCUT2D eigenvalue weighted by Crippen LogP contribution is -2.27. The fraction of sp³-hybridized carbons (Fsp3) is 0.278. The van der Waals surface area contributed by atoms with Gasteiger partial charge in [-0.3, -0.25) is 19.5 Å². The quantitative estimate of drug-likeness (QED) is 0.231. The molecular weight excluding hydrogens is 367 g/mol. The molecule has 0 aliphatic carbocycles. The summed E-state index contributed by atoms with van der Waals surface area (Å²) >= 11 is 0. The molecule has 0 spiro atoms. The van der Waals surface area contributed by atoms with Gasteiger partial charge in [0.2, 0.25) is 5.78 Å². The highest BCUT2D eigenvalue weighted by atomic mass is 19.1. The summed E-state index contributed by atoms with van der Waals surface area (Å²) in [4.78, 5) is 43.5. The second kappa shape index (κ2) is 8.09. The van der Waals surface area contributed by atoms with Crippen molar-refractivity contribution >= 4 is 28.9 Å². The minimum Gasteiger partial charge on any atom is -0.359 e. The molecule has 3 N–H and O–H groups in total. The number of aromatic amines is 2. The fourth-order valence-corrected chi connectivity index (χ4v) is 2.81. The number of aldehydes is 1. The summed E-state index contributed by atoms with van der Waals surface area (Å²) in [6, 6.07) is 1.49. The van der Waals surface area contributed by atoms with E-state index in [1.807, 2.05) is 19.0 Å². The van der Waals surface area contributed by atoms with Crippen molar-refractivity contribution in [1.29, 1.82) is 0 Å². The minimum absolute atomic E-state index is 0.0419. The SMILES string of the molecule is CN(C)CCCNC(=O)c1cc(-c2ncc(F)c3c(C(=O)C=O)c[nH]c23)n[nH]1. The van der Waals surface area contributed by atoms with Crippen molar-refractivity contribution < 1.29 is 18.8 Å². The van der Waals surface area contributed by atoms with Gasteiger partial charge in [0.05, 0.1) is 22.7 Å². The molecule has 0 atom stereocenters. The number of hydrogen-bond donors (Lipinski definition) is 3. The number of halogens is 1. The van der Waals surface area contributed by atoms with Crippen LogP contribution >= 0.6 is 0 Å². The van der Waals surface area contributed by atoms with Crippen LogP contribution in [-0.4, -0.2) is 70.2 Å². The molecule has 3 aromatic heterocycles. The van der Waals surface area contributed by atoms with E-state index in [0.717, 1.165) is 19.2 Å². The van der Waals surface area contributed by atoms with E-state index in [1.54, 1.807) is 0 Å². The summed E-state index contributed by atoms with van der Waals surface area (Å²) in [5.74, 6) is -1.90. The number of nitrogens with one attached hydrogen (secondary N) is 3. The Morgan fingerprint density at radius 3 is 2.86 bits per heavy atom. The smallest absolute Gasteiger partial charge is 0.269 e. The molecule has 0 aliphatic heterocycles. The number of aromatic nitrogens is 4. The van der Waals surface area contributed by atoms with Crippen LogP contribution in [0.5, 0.6) is 0 Å². The van der Waals surface area contributed by atoms with Crippen molar-refractivity contribution in [3.63, 3.8) is 0 Å². The van der Waals surface area contributed by atoms with Crippen molar-refractivity contribution in [2.75, 3.05) is 27.2 Å². The number of nitrogens with zero attached hydrogens (tertiary/aromatic N) is 3. The third-order valence-electron chi connectivity index (χ3n) is 4.17. The van der Waals surface area contributed by atoms with Gasteiger partial charge in [-0.15, -0.1) is 0 Å². The molecule has 1 amide bonds. The van der Waals surface area contributed by atoms with Crippen LogP contribution in [0.4, 0.5) is 4.39 Å². The number of Topliss-reactive ketones (excluding diaryl/α,β-unsaturated/α-hetero) is 1. The van der Waals surface area contributed by atoms with Gasteiger partial charge in [0.1, 0.15) is 17.1 Å². The predicted octanol–water partition coefficient (Wildman–Crippen LogP) is 1.16. The lowest BCUT2D eigenvalue weighted by atomic mass is 10.1. The maximum atomic E-state index is 14.2. The van der Waals surface area contributed by atoms with E-state index in [4.69, 9.17) is 0 Å². The Bertz CT molecular complexity index is 1040. The average molecular weight is 386 g/mol. The van der Waals surface area contributed by atoms with Crippen LogP contribution in [0.3, 0.4) is 0 Å². The molecular formula is C18H19FN6O3. The zero-order chi connectivity index (χ0) is 20.3. The highest BCUT2D eigenvalue weighted by Crippen LogP contribution is 2.29. The molecule has 0 unspecified atom stereocenters. The van der Waals surface area contributed by atoms with Crippen LogP contribution in [0.25, 0.3) is 22.3 Å². The predicted molar refractivity (Wildman–Crippen MR) is 99.5 cm³/mol. The Kier molecular flexibility index (Phi) is 5.59. The third kappa shape index (κ3) is 3.81. The first-order valence-corrected chi connectivity index (χ1v) is 8.56. The van der Waals surface area contributed by atoms with Gasteiger partial charge >= 0.3 is 0 Å². The molecule has 0 aromatic carbocycles. The van der Waals surface area contributed by atoms with Gasteiger partial charge in [0.15, 0.2) is 12.1 Å². The standard InChI is InChI=1S/C18H19FN6O3/c1-25(2)5-3-4-20-18(28)13-6-12(23-24-13)16-17-15(11(19)8-22-16)10(7-21-17)14(27)9-26/h6-9,21H,3-5H2,1-2H3,(H,20,28)(H,23,24). The van der Waals surface area contributed by atoms with Crippen molar-refractivity contribution in [2.24, 2.45) is 0 Å². The van der Waals surface area contributed by atoms with Crippen molar-refractivity contribution in [1.82, 2.24) is 30.4 Å². The second-order valence-electron chi connectivity index (χ2n) is 6.47. The largest absolute Gasteiger partial charge is 0.359 e. The summed E-state index contributed by atoms with van der Waals surface area (Å²) in [7, 11) is 3.90. The minimum atomic E-state index is -0.845. The van der Waals surface area contributed by atoms with Gasteiger partial charge in [-0.05, 0) is 33.1 Å². The van der Waals surface area contributed by atoms with Gasteiger partial charge in [-0.2, -0.15) is 5.10 Å². The molecule has 9 nitrogen and oxygen atoms in total. The van der Waals surface area contributed by atoms with Crippen molar-refractivity contribution in [3.8, 4) is 11.4 Å². The molecule has 0 aliphatic rings. The van der Waals surface area contributed by atoms with Crippen molar-refractivity contribution in [3.05, 3.63) is 35.5 Å². The molecule has 0 bridgehead atoms. The fourth-order valence-electron chi connectivity index (χ4n) is 2.81. The number of amides is 1. The first kappa shape index (κ1) is 19.4. The molecule has 0 saturated carbocycles. The zero-order valence-electron chi connectivity index (χ0n) is 15.4. The number of carbonyl (C=O) groups is 3. The zero-order valence-corrected chi connectivity index (χ0v) is 15.4. The Morgan fingerprint density at radius 1 is 1.36 bits per heavy atom. The third-order valence-corrected chi connectivity index (χ3v) is 4.17. The molecule has 3 aromatic rings. The van der Waals surface area contributed by atoms with E-state index < -0.39 is 11.6 Å². The van der Waals surface area contributed by atoms with Crippen LogP contribution in [0.1, 0.15) is 27.3 Å². The van der Waals surface area contributed by atoms with Crippen molar-refractivity contribution in [2.45, 2.75) is 6.42 Å². The lowest BCUT2D eigenvalue weighted by molar-refractivity contribution is -0.104. The van der Waals surface area contributed by atoms with Crippen LogP contribution in [0.2, 0.25) is 0 Å². The van der Waals surface area contributed by atoms with E-state index in [2.05, 4.69) is 25.5 Å². The average Bonchev–Trinajstić information content (AvgIpc) is 3.32. The number of rotatable bonds is 8. The summed E-state index contributed by atoms with van der Waals surface area (Å²) in [5.41, 5.74) is 0.921. The number of ketones is 1. The second-order valence-corrected chi connectivity index (χ2v) is 6.47. The monoisotopic (exact) mass is 386 g/mol. The Morgan fingerprint density at radius 2 is 2.14 bits per heavy atom. The van der Waals surface area contributed by atoms with E-state index in [9.17, 15) is 18.8 Å². The lowest BCUT2D eigenvalue weighted by Gasteiger charge is -2.09. The number of fused-ring (bicyclic) bond motifs is 1. The summed E-state index contributed by atoms with van der Waals surface area (Å²) in [5, 5.41) is 9.44. The van der Waals surface area contributed by atoms with Gasteiger partial charge in [-0.1, -0.05) is 0 Å². The summed E-state index contributed by atoms with van der Waals surface area (Å²) < 4.78 is 14.2. The first-order valence-electron chi connectivity index (χ1n) is 8.56. The molecule has 146 valence electrons. The normalized spacial score (nSPS) is 11.1. The van der Waals surface area contributed by atoms with Crippen LogP contribution in [0.15, 0.2) is 18.5 Å². The first-order chi connectivity index (χ1) is 13.4. The van der Waals surface area contributed by atoms with E-state index in [-0.39, 0.29) is 40.0 Å². The van der Waals surface area contributed by atoms with Gasteiger partial charge in [-0.25, -0.2) is 9.37 Å². The highest BCUT2D eigenvalue weighted by Gasteiger charge is 2.21. The number of H-pyrrole nitrogens is 2. The number of pyridine rings is 1. The maximum Gasteiger partial charge on any atom is 0.269 e.